The fourth-order valence-electron chi connectivity index (χ4n) is 2.96. The van der Waals surface area contributed by atoms with Gasteiger partial charge in [-0.3, -0.25) is 4.79 Å². The van der Waals surface area contributed by atoms with E-state index < -0.39 is 0 Å². The van der Waals surface area contributed by atoms with E-state index in [1.165, 1.54) is 16.4 Å². The van der Waals surface area contributed by atoms with Crippen molar-refractivity contribution in [3.63, 3.8) is 0 Å². The van der Waals surface area contributed by atoms with Gasteiger partial charge in [-0.15, -0.1) is 10.2 Å². The third-order valence-electron chi connectivity index (χ3n) is 4.44. The molecule has 4 rings (SSSR count). The first kappa shape index (κ1) is 19.9. The van der Waals surface area contributed by atoms with Crippen LogP contribution in [-0.2, 0) is 4.79 Å². The van der Waals surface area contributed by atoms with Crippen molar-refractivity contribution in [1.29, 1.82) is 0 Å². The van der Waals surface area contributed by atoms with E-state index in [4.69, 9.17) is 20.1 Å². The molecule has 1 aromatic heterocycles. The average Bonchev–Trinajstić information content (AvgIpc) is 3.16. The van der Waals surface area contributed by atoms with Crippen LogP contribution in [0.3, 0.4) is 0 Å². The summed E-state index contributed by atoms with van der Waals surface area (Å²) in [5.74, 6) is 8.60. The van der Waals surface area contributed by atoms with Crippen LogP contribution in [0, 0.1) is 0 Å². The molecule has 1 aliphatic heterocycles. The van der Waals surface area contributed by atoms with Gasteiger partial charge in [0.15, 0.2) is 17.3 Å². The highest BCUT2D eigenvalue weighted by molar-refractivity contribution is 7.99. The number of aromatic nitrogens is 3. The molecule has 2 heterocycles. The van der Waals surface area contributed by atoms with Crippen LogP contribution in [0.1, 0.15) is 0 Å². The Morgan fingerprint density at radius 2 is 2.00 bits per heavy atom. The number of carbonyl (C=O) groups excluding carboxylic acids is 1. The number of para-hydroxylation sites is 3. The number of rotatable bonds is 7. The Kier molecular flexibility index (Phi) is 5.94. The number of amides is 1. The second-order valence-electron chi connectivity index (χ2n) is 6.47. The maximum Gasteiger partial charge on any atom is 0.230 e. The van der Waals surface area contributed by atoms with Gasteiger partial charge in [0, 0.05) is 0 Å². The number of ether oxygens (including phenoxy) is 3. The Bertz CT molecular complexity index is 1040. The molecule has 1 atom stereocenters. The lowest BCUT2D eigenvalue weighted by Gasteiger charge is -2.26. The second-order valence-corrected chi connectivity index (χ2v) is 7.41. The molecule has 0 fully saturated rings. The van der Waals surface area contributed by atoms with E-state index in [2.05, 4.69) is 15.5 Å². The molecule has 2 aromatic carbocycles. The highest BCUT2D eigenvalue weighted by atomic mass is 32.2. The molecule has 30 heavy (non-hydrogen) atoms. The number of nitrogens with zero attached hydrogens (tertiary/aromatic N) is 3. The average molecular weight is 427 g/mol. The SMILES string of the molecule is COc1ccccc1-c1nnc(SCC(=O)NCC2COc3ccccc3O2)n1N. The molecule has 3 N–H and O–H groups in total. The monoisotopic (exact) mass is 427 g/mol. The number of carbonyl (C=O) groups is 1. The van der Waals surface area contributed by atoms with Crippen molar-refractivity contribution in [2.45, 2.75) is 11.3 Å². The number of nitrogens with two attached hydrogens (primary N) is 1. The summed E-state index contributed by atoms with van der Waals surface area (Å²) in [6.45, 7) is 0.722. The van der Waals surface area contributed by atoms with E-state index in [0.717, 1.165) is 5.56 Å². The molecular weight excluding hydrogens is 406 g/mol. The number of hydrogen-bond acceptors (Lipinski definition) is 8. The van der Waals surface area contributed by atoms with Crippen LogP contribution in [0.5, 0.6) is 17.2 Å². The molecule has 9 nitrogen and oxygen atoms in total. The minimum atomic E-state index is -0.246. The Morgan fingerprint density at radius 3 is 2.83 bits per heavy atom. The fourth-order valence-corrected chi connectivity index (χ4v) is 3.65. The van der Waals surface area contributed by atoms with E-state index in [-0.39, 0.29) is 17.8 Å². The molecule has 0 saturated heterocycles. The van der Waals surface area contributed by atoms with Crippen molar-refractivity contribution in [1.82, 2.24) is 20.2 Å². The Balaban J connectivity index is 1.30. The summed E-state index contributed by atoms with van der Waals surface area (Å²) in [7, 11) is 1.58. The molecule has 0 radical (unpaired) electrons. The third kappa shape index (κ3) is 4.28. The largest absolute Gasteiger partial charge is 0.496 e. The maximum atomic E-state index is 12.2. The van der Waals surface area contributed by atoms with Gasteiger partial charge in [-0.2, -0.15) is 0 Å². The van der Waals surface area contributed by atoms with Gasteiger partial charge in [0.1, 0.15) is 18.5 Å². The van der Waals surface area contributed by atoms with Gasteiger partial charge in [-0.25, -0.2) is 4.68 Å². The van der Waals surface area contributed by atoms with Crippen LogP contribution < -0.4 is 25.4 Å². The summed E-state index contributed by atoms with van der Waals surface area (Å²) in [6.07, 6.45) is -0.246. The van der Waals surface area contributed by atoms with Gasteiger partial charge in [0.2, 0.25) is 11.1 Å². The van der Waals surface area contributed by atoms with E-state index in [9.17, 15) is 4.79 Å². The van der Waals surface area contributed by atoms with Crippen LogP contribution in [0.4, 0.5) is 0 Å². The van der Waals surface area contributed by atoms with Crippen molar-refractivity contribution in [2.24, 2.45) is 0 Å². The predicted molar refractivity (Wildman–Crippen MR) is 112 cm³/mol. The van der Waals surface area contributed by atoms with E-state index in [0.29, 0.717) is 41.4 Å². The molecule has 1 amide bonds. The number of hydrogen-bond donors (Lipinski definition) is 2. The standard InChI is InChI=1S/C20H21N5O4S/c1-27-15-7-3-2-6-14(15)19-23-24-20(25(19)21)30-12-18(26)22-10-13-11-28-16-8-4-5-9-17(16)29-13/h2-9,13H,10-12,21H2,1H3,(H,22,26). The Hall–Kier alpha value is -3.40. The van der Waals surface area contributed by atoms with Gasteiger partial charge >= 0.3 is 0 Å². The Labute approximate surface area is 177 Å². The van der Waals surface area contributed by atoms with Crippen molar-refractivity contribution >= 4 is 17.7 Å². The third-order valence-corrected chi connectivity index (χ3v) is 5.38. The van der Waals surface area contributed by atoms with Crippen molar-refractivity contribution in [3.05, 3.63) is 48.5 Å². The van der Waals surface area contributed by atoms with E-state index in [1.54, 1.807) is 7.11 Å². The highest BCUT2D eigenvalue weighted by Crippen LogP contribution is 2.31. The van der Waals surface area contributed by atoms with Crippen LogP contribution in [-0.4, -0.2) is 52.9 Å². The van der Waals surface area contributed by atoms with Crippen molar-refractivity contribution < 1.29 is 19.0 Å². The zero-order valence-electron chi connectivity index (χ0n) is 16.3. The highest BCUT2D eigenvalue weighted by Gasteiger charge is 2.21. The molecule has 3 aromatic rings. The zero-order chi connectivity index (χ0) is 20.9. The molecule has 156 valence electrons. The van der Waals surface area contributed by atoms with Gasteiger partial charge in [0.25, 0.3) is 0 Å². The van der Waals surface area contributed by atoms with Crippen LogP contribution in [0.2, 0.25) is 0 Å². The number of nitrogen functional groups attached to an aromatic ring is 1. The summed E-state index contributed by atoms with van der Waals surface area (Å²) in [6, 6.07) is 14.8. The summed E-state index contributed by atoms with van der Waals surface area (Å²) in [5.41, 5.74) is 0.723. The summed E-state index contributed by atoms with van der Waals surface area (Å²) in [4.78, 5) is 12.2. The molecule has 0 spiro atoms. The van der Waals surface area contributed by atoms with Crippen LogP contribution >= 0.6 is 11.8 Å². The second kappa shape index (κ2) is 8.95. The first-order valence-corrected chi connectivity index (χ1v) is 10.3. The molecule has 0 aliphatic carbocycles. The molecule has 0 bridgehead atoms. The van der Waals surface area contributed by atoms with E-state index in [1.807, 2.05) is 48.5 Å². The number of nitrogens with one attached hydrogen (secondary N) is 1. The molecule has 10 heteroatoms. The molecule has 0 saturated carbocycles. The Morgan fingerprint density at radius 1 is 1.23 bits per heavy atom. The minimum Gasteiger partial charge on any atom is -0.496 e. The topological polar surface area (TPSA) is 114 Å². The lowest BCUT2D eigenvalue weighted by Crippen LogP contribution is -2.41. The zero-order valence-corrected chi connectivity index (χ0v) is 17.1. The van der Waals surface area contributed by atoms with Gasteiger partial charge < -0.3 is 25.4 Å². The van der Waals surface area contributed by atoms with Gasteiger partial charge in [0.05, 0.1) is 25.0 Å². The predicted octanol–water partition coefficient (Wildman–Crippen LogP) is 1.72. The van der Waals surface area contributed by atoms with E-state index >= 15 is 0 Å². The summed E-state index contributed by atoms with van der Waals surface area (Å²) >= 11 is 1.20. The number of methoxy groups -OCH3 is 1. The number of fused-ring (bicyclic) bond motifs is 1. The summed E-state index contributed by atoms with van der Waals surface area (Å²) < 4.78 is 18.2. The molecule has 1 unspecified atom stereocenters. The number of benzene rings is 2. The fraction of sp³-hybridized carbons (Fsp3) is 0.250. The first-order valence-electron chi connectivity index (χ1n) is 9.27. The molecule has 1 aliphatic rings. The minimum absolute atomic E-state index is 0.144. The maximum absolute atomic E-state index is 12.2. The van der Waals surface area contributed by atoms with Gasteiger partial charge in [-0.05, 0) is 24.3 Å². The smallest absolute Gasteiger partial charge is 0.230 e. The lowest BCUT2D eigenvalue weighted by atomic mass is 10.2. The molecular formula is C20H21N5O4S. The first-order chi connectivity index (χ1) is 14.7. The number of thioether (sulfide) groups is 1. The quantitative estimate of drug-likeness (QED) is 0.433. The van der Waals surface area contributed by atoms with Gasteiger partial charge in [-0.1, -0.05) is 36.0 Å². The normalized spacial score (nSPS) is 14.9. The van der Waals surface area contributed by atoms with Crippen LogP contribution in [0.15, 0.2) is 53.7 Å². The lowest BCUT2D eigenvalue weighted by molar-refractivity contribution is -0.119. The van der Waals surface area contributed by atoms with Crippen molar-refractivity contribution in [2.75, 3.05) is 31.9 Å². The summed E-state index contributed by atoms with van der Waals surface area (Å²) in [5, 5.41) is 11.5. The van der Waals surface area contributed by atoms with Crippen LogP contribution in [0.25, 0.3) is 11.4 Å². The van der Waals surface area contributed by atoms with Crippen molar-refractivity contribution in [3.8, 4) is 28.6 Å².